The maximum Gasteiger partial charge on any atom is 0.223 e. The van der Waals surface area contributed by atoms with Crippen molar-refractivity contribution < 1.29 is 9.53 Å². The van der Waals surface area contributed by atoms with E-state index < -0.39 is 0 Å². The van der Waals surface area contributed by atoms with E-state index in [1.54, 1.807) is 0 Å². The zero-order valence-electron chi connectivity index (χ0n) is 12.9. The lowest BCUT2D eigenvalue weighted by Crippen LogP contribution is -2.47. The number of carbonyl (C=O) groups is 1. The topological polar surface area (TPSA) is 45.3 Å². The second kappa shape index (κ2) is 6.79. The smallest absolute Gasteiger partial charge is 0.223 e. The number of aryl methyl sites for hydroxylation is 1. The number of hydrogen-bond donors (Lipinski definition) is 1. The van der Waals surface area contributed by atoms with Crippen LogP contribution in [0.3, 0.4) is 0 Å². The summed E-state index contributed by atoms with van der Waals surface area (Å²) in [6.07, 6.45) is 1.29. The molecule has 22 heavy (non-hydrogen) atoms. The number of hydrogen-bond acceptors (Lipinski definition) is 2. The first-order chi connectivity index (χ1) is 10.7. The van der Waals surface area contributed by atoms with Crippen LogP contribution in [-0.2, 0) is 16.0 Å². The summed E-state index contributed by atoms with van der Waals surface area (Å²) in [5.74, 6) is 0.215. The van der Waals surface area contributed by atoms with E-state index in [1.165, 1.54) is 5.56 Å². The minimum Gasteiger partial charge on any atom is -0.377 e. The van der Waals surface area contributed by atoms with Crippen molar-refractivity contribution in [3.63, 3.8) is 0 Å². The Morgan fingerprint density at radius 3 is 2.86 bits per heavy atom. The third-order valence-corrected chi connectivity index (χ3v) is 4.13. The summed E-state index contributed by atoms with van der Waals surface area (Å²) in [6, 6.07) is 14.6. The highest BCUT2D eigenvalue weighted by molar-refractivity contribution is 5.77. The molecule has 0 radical (unpaired) electrons. The summed E-state index contributed by atoms with van der Waals surface area (Å²) in [5.41, 5.74) is 3.37. The number of nitrogens with one attached hydrogen (secondary N) is 1. The summed E-state index contributed by atoms with van der Waals surface area (Å²) in [6.45, 7) is 4.04. The average molecular weight is 298 g/mol. The van der Waals surface area contributed by atoms with Crippen LogP contribution in [0.25, 0.3) is 11.3 Å². The molecule has 1 saturated heterocycles. The predicted molar refractivity (Wildman–Crippen MR) is 86.5 cm³/mol. The Hall–Kier alpha value is -2.07. The van der Waals surface area contributed by atoms with Gasteiger partial charge in [0.25, 0.3) is 0 Å². The Morgan fingerprint density at radius 2 is 2.09 bits per heavy atom. The molecule has 4 heteroatoms. The molecular formula is C18H22N2O2. The largest absolute Gasteiger partial charge is 0.377 e. The molecule has 1 fully saturated rings. The van der Waals surface area contributed by atoms with E-state index in [2.05, 4.69) is 29.2 Å². The van der Waals surface area contributed by atoms with E-state index in [9.17, 15) is 4.79 Å². The monoisotopic (exact) mass is 298 g/mol. The van der Waals surface area contributed by atoms with Crippen LogP contribution in [0.1, 0.15) is 19.0 Å². The van der Waals surface area contributed by atoms with Crippen molar-refractivity contribution in [1.82, 2.24) is 9.88 Å². The Labute approximate surface area is 131 Å². The van der Waals surface area contributed by atoms with E-state index in [4.69, 9.17) is 4.74 Å². The number of H-pyrrole nitrogens is 1. The van der Waals surface area contributed by atoms with Gasteiger partial charge in [0, 0.05) is 24.4 Å². The van der Waals surface area contributed by atoms with E-state index in [-0.39, 0.29) is 11.9 Å². The minimum absolute atomic E-state index is 0.185. The van der Waals surface area contributed by atoms with Crippen molar-refractivity contribution in [3.8, 4) is 11.3 Å². The normalized spacial score (nSPS) is 18.4. The standard InChI is InChI=1S/C18H22N2O2/c1-14-13-22-12-11-20(14)18(21)10-8-16-7-9-17(19-16)15-5-3-2-4-6-15/h2-7,9,14,19H,8,10-13H2,1H3/t14-/m1/s1. The summed E-state index contributed by atoms with van der Waals surface area (Å²) in [7, 11) is 0. The van der Waals surface area contributed by atoms with Crippen molar-refractivity contribution in [2.45, 2.75) is 25.8 Å². The van der Waals surface area contributed by atoms with Gasteiger partial charge in [-0.15, -0.1) is 0 Å². The molecule has 0 aliphatic carbocycles. The zero-order valence-corrected chi connectivity index (χ0v) is 12.9. The quantitative estimate of drug-likeness (QED) is 0.943. The second-order valence-electron chi connectivity index (χ2n) is 5.77. The van der Waals surface area contributed by atoms with Crippen molar-refractivity contribution in [3.05, 3.63) is 48.2 Å². The molecule has 1 aliphatic heterocycles. The summed E-state index contributed by atoms with van der Waals surface area (Å²) in [5, 5.41) is 0. The van der Waals surface area contributed by atoms with Crippen LogP contribution in [-0.4, -0.2) is 41.6 Å². The Balaban J connectivity index is 1.58. The lowest BCUT2D eigenvalue weighted by atomic mass is 10.2. The number of morpholine rings is 1. The fraction of sp³-hybridized carbons (Fsp3) is 0.389. The van der Waals surface area contributed by atoms with Gasteiger partial charge in [-0.3, -0.25) is 4.79 Å². The van der Waals surface area contributed by atoms with Gasteiger partial charge < -0.3 is 14.6 Å². The van der Waals surface area contributed by atoms with E-state index >= 15 is 0 Å². The molecule has 4 nitrogen and oxygen atoms in total. The molecule has 1 aliphatic rings. The SMILES string of the molecule is C[C@@H]1COCCN1C(=O)CCc1ccc(-c2ccccc2)[nH]1. The molecule has 0 unspecified atom stereocenters. The molecule has 3 rings (SSSR count). The second-order valence-corrected chi connectivity index (χ2v) is 5.77. The molecule has 116 valence electrons. The Kier molecular flexibility index (Phi) is 4.59. The van der Waals surface area contributed by atoms with Gasteiger partial charge in [-0.2, -0.15) is 0 Å². The highest BCUT2D eigenvalue weighted by atomic mass is 16.5. The van der Waals surface area contributed by atoms with Crippen LogP contribution in [0.15, 0.2) is 42.5 Å². The Bertz CT molecular complexity index is 621. The highest BCUT2D eigenvalue weighted by Crippen LogP contribution is 2.19. The van der Waals surface area contributed by atoms with Gasteiger partial charge in [0.15, 0.2) is 0 Å². The maximum absolute atomic E-state index is 12.3. The molecule has 1 aromatic carbocycles. The number of benzene rings is 1. The molecular weight excluding hydrogens is 276 g/mol. The molecule has 1 N–H and O–H groups in total. The van der Waals surface area contributed by atoms with Gasteiger partial charge in [0.05, 0.1) is 19.3 Å². The average Bonchev–Trinajstić information content (AvgIpc) is 3.03. The first-order valence-corrected chi connectivity index (χ1v) is 7.84. The van der Waals surface area contributed by atoms with Gasteiger partial charge in [-0.25, -0.2) is 0 Å². The summed E-state index contributed by atoms with van der Waals surface area (Å²) < 4.78 is 5.38. The Morgan fingerprint density at radius 1 is 1.27 bits per heavy atom. The van der Waals surface area contributed by atoms with Gasteiger partial charge in [0.2, 0.25) is 5.91 Å². The first kappa shape index (κ1) is 14.9. The number of rotatable bonds is 4. The van der Waals surface area contributed by atoms with Crippen LogP contribution in [0.4, 0.5) is 0 Å². The molecule has 0 spiro atoms. The predicted octanol–water partition coefficient (Wildman–Crippen LogP) is 2.86. The minimum atomic E-state index is 0.185. The van der Waals surface area contributed by atoms with Crippen LogP contribution in [0.5, 0.6) is 0 Å². The lowest BCUT2D eigenvalue weighted by molar-refractivity contribution is -0.139. The third kappa shape index (κ3) is 3.39. The van der Waals surface area contributed by atoms with Crippen LogP contribution in [0, 0.1) is 0 Å². The number of nitrogens with zero attached hydrogens (tertiary/aromatic N) is 1. The van der Waals surface area contributed by atoms with Gasteiger partial charge in [-0.05, 0) is 31.0 Å². The number of aromatic nitrogens is 1. The summed E-state index contributed by atoms with van der Waals surface area (Å²) in [4.78, 5) is 17.7. The van der Waals surface area contributed by atoms with E-state index in [0.29, 0.717) is 26.2 Å². The van der Waals surface area contributed by atoms with Crippen molar-refractivity contribution in [2.24, 2.45) is 0 Å². The van der Waals surface area contributed by atoms with Crippen molar-refractivity contribution in [1.29, 1.82) is 0 Å². The highest BCUT2D eigenvalue weighted by Gasteiger charge is 2.23. The van der Waals surface area contributed by atoms with Crippen LogP contribution in [0.2, 0.25) is 0 Å². The fourth-order valence-electron chi connectivity index (χ4n) is 2.86. The fourth-order valence-corrected chi connectivity index (χ4v) is 2.86. The van der Waals surface area contributed by atoms with Crippen molar-refractivity contribution in [2.75, 3.05) is 19.8 Å². The molecule has 1 atom stereocenters. The van der Waals surface area contributed by atoms with Crippen LogP contribution >= 0.6 is 0 Å². The molecule has 2 heterocycles. The van der Waals surface area contributed by atoms with Gasteiger partial charge in [0.1, 0.15) is 0 Å². The van der Waals surface area contributed by atoms with Gasteiger partial charge >= 0.3 is 0 Å². The van der Waals surface area contributed by atoms with E-state index in [0.717, 1.165) is 17.8 Å². The summed E-state index contributed by atoms with van der Waals surface area (Å²) >= 11 is 0. The zero-order chi connectivity index (χ0) is 15.4. The van der Waals surface area contributed by atoms with Crippen LogP contribution < -0.4 is 0 Å². The number of ether oxygens (including phenoxy) is 1. The molecule has 0 saturated carbocycles. The maximum atomic E-state index is 12.3. The lowest BCUT2D eigenvalue weighted by Gasteiger charge is -2.33. The molecule has 1 amide bonds. The molecule has 0 bridgehead atoms. The third-order valence-electron chi connectivity index (χ3n) is 4.13. The molecule has 1 aromatic heterocycles. The van der Waals surface area contributed by atoms with E-state index in [1.807, 2.05) is 30.0 Å². The molecule has 2 aromatic rings. The van der Waals surface area contributed by atoms with Crippen molar-refractivity contribution >= 4 is 5.91 Å². The first-order valence-electron chi connectivity index (χ1n) is 7.84. The number of aromatic amines is 1. The van der Waals surface area contributed by atoms with Gasteiger partial charge in [-0.1, -0.05) is 30.3 Å². The number of amides is 1. The number of carbonyl (C=O) groups excluding carboxylic acids is 1.